The number of nitrogens with one attached hydrogen (secondary N) is 2. The van der Waals surface area contributed by atoms with Crippen LogP contribution in [0.25, 0.3) is 10.2 Å². The van der Waals surface area contributed by atoms with Crippen LogP contribution in [0.3, 0.4) is 0 Å². The smallest absolute Gasteiger partial charge is 0.336 e. The van der Waals surface area contributed by atoms with Crippen LogP contribution in [0.5, 0.6) is 0 Å². The van der Waals surface area contributed by atoms with E-state index in [0.717, 1.165) is 25.8 Å². The SMILES string of the molecule is CC(C)c1ccccc1NC(=O)CSc1nc2ccc(NC(=O)c3ccccc3C(=O)O)cc2s1. The Hall–Kier alpha value is -3.69. The Morgan fingerprint density at radius 3 is 2.43 bits per heavy atom. The van der Waals surface area contributed by atoms with E-state index >= 15 is 0 Å². The predicted octanol–water partition coefficient (Wildman–Crippen LogP) is 6.10. The maximum atomic E-state index is 12.6. The molecule has 7 nitrogen and oxygen atoms in total. The lowest BCUT2D eigenvalue weighted by atomic mass is 10.0. The summed E-state index contributed by atoms with van der Waals surface area (Å²) in [6, 6.07) is 19.1. The molecule has 0 saturated heterocycles. The van der Waals surface area contributed by atoms with Crippen LogP contribution < -0.4 is 10.6 Å². The summed E-state index contributed by atoms with van der Waals surface area (Å²) in [5.41, 5.74) is 3.23. The zero-order valence-corrected chi connectivity index (χ0v) is 20.7. The number of nitrogens with zero attached hydrogens (tertiary/aromatic N) is 1. The Morgan fingerprint density at radius 2 is 1.69 bits per heavy atom. The number of benzene rings is 3. The third-order valence-electron chi connectivity index (χ3n) is 5.21. The standard InChI is InChI=1S/C26H23N3O4S2/c1-15(2)17-7-5-6-10-20(17)28-23(30)14-34-26-29-21-12-11-16(13-22(21)35-26)27-24(31)18-8-3-4-9-19(18)25(32)33/h3-13,15H,14H2,1-2H3,(H,27,31)(H,28,30)(H,32,33). The van der Waals surface area contributed by atoms with Gasteiger partial charge in [-0.25, -0.2) is 9.78 Å². The topological polar surface area (TPSA) is 108 Å². The first-order chi connectivity index (χ1) is 16.8. The number of carboxylic acid groups (broad SMARTS) is 1. The monoisotopic (exact) mass is 505 g/mol. The summed E-state index contributed by atoms with van der Waals surface area (Å²) < 4.78 is 1.59. The first-order valence-electron chi connectivity index (χ1n) is 10.9. The molecule has 4 aromatic rings. The van der Waals surface area contributed by atoms with Crippen molar-refractivity contribution >= 4 is 62.5 Å². The number of aromatic nitrogens is 1. The van der Waals surface area contributed by atoms with E-state index < -0.39 is 11.9 Å². The van der Waals surface area contributed by atoms with Gasteiger partial charge in [-0.3, -0.25) is 9.59 Å². The number of carboxylic acids is 1. The second kappa shape index (κ2) is 10.7. The van der Waals surface area contributed by atoms with Crippen LogP contribution in [-0.4, -0.2) is 33.6 Å². The second-order valence-corrected chi connectivity index (χ2v) is 10.3. The fourth-order valence-corrected chi connectivity index (χ4v) is 5.44. The van der Waals surface area contributed by atoms with Gasteiger partial charge < -0.3 is 15.7 Å². The first-order valence-corrected chi connectivity index (χ1v) is 12.7. The molecule has 2 amide bonds. The molecule has 0 radical (unpaired) electrons. The Balaban J connectivity index is 1.42. The minimum absolute atomic E-state index is 0.0585. The van der Waals surface area contributed by atoms with Crippen LogP contribution in [0, 0.1) is 0 Å². The zero-order chi connectivity index (χ0) is 24.9. The molecule has 3 N–H and O–H groups in total. The molecule has 0 spiro atoms. The summed E-state index contributed by atoms with van der Waals surface area (Å²) in [6.07, 6.45) is 0. The van der Waals surface area contributed by atoms with Crippen molar-refractivity contribution in [3.8, 4) is 0 Å². The molecule has 1 heterocycles. The lowest BCUT2D eigenvalue weighted by Crippen LogP contribution is -2.16. The molecule has 0 fully saturated rings. The van der Waals surface area contributed by atoms with E-state index in [-0.39, 0.29) is 22.8 Å². The van der Waals surface area contributed by atoms with Crippen LogP contribution in [-0.2, 0) is 4.79 Å². The van der Waals surface area contributed by atoms with Crippen molar-refractivity contribution < 1.29 is 19.5 Å². The molecule has 3 aromatic carbocycles. The van der Waals surface area contributed by atoms with Crippen LogP contribution in [0.15, 0.2) is 71.1 Å². The molecule has 178 valence electrons. The Morgan fingerprint density at radius 1 is 0.971 bits per heavy atom. The molecule has 1 aromatic heterocycles. The van der Waals surface area contributed by atoms with Gasteiger partial charge in [0.2, 0.25) is 5.91 Å². The van der Waals surface area contributed by atoms with E-state index in [1.54, 1.807) is 30.3 Å². The van der Waals surface area contributed by atoms with E-state index in [1.807, 2.05) is 24.3 Å². The van der Waals surface area contributed by atoms with Gasteiger partial charge in [-0.15, -0.1) is 11.3 Å². The Bertz CT molecular complexity index is 1410. The van der Waals surface area contributed by atoms with Gasteiger partial charge in [-0.1, -0.05) is 55.9 Å². The minimum Gasteiger partial charge on any atom is -0.478 e. The number of para-hydroxylation sites is 1. The summed E-state index contributed by atoms with van der Waals surface area (Å²) in [6.45, 7) is 4.17. The molecule has 0 unspecified atom stereocenters. The lowest BCUT2D eigenvalue weighted by molar-refractivity contribution is -0.113. The molecule has 0 aliphatic carbocycles. The number of carbonyl (C=O) groups is 3. The largest absolute Gasteiger partial charge is 0.478 e. The number of fused-ring (bicyclic) bond motifs is 1. The fourth-order valence-electron chi connectivity index (χ4n) is 3.54. The van der Waals surface area contributed by atoms with Gasteiger partial charge in [-0.05, 0) is 47.9 Å². The van der Waals surface area contributed by atoms with Crippen LogP contribution >= 0.6 is 23.1 Å². The van der Waals surface area contributed by atoms with Gasteiger partial charge in [0.1, 0.15) is 0 Å². The van der Waals surface area contributed by atoms with Gasteiger partial charge in [-0.2, -0.15) is 0 Å². The first kappa shape index (κ1) is 24.4. The van der Waals surface area contributed by atoms with Crippen LogP contribution in [0.2, 0.25) is 0 Å². The third-order valence-corrected chi connectivity index (χ3v) is 7.37. The van der Waals surface area contributed by atoms with E-state index in [2.05, 4.69) is 29.5 Å². The number of thioether (sulfide) groups is 1. The van der Waals surface area contributed by atoms with Crippen molar-refractivity contribution in [1.29, 1.82) is 0 Å². The maximum Gasteiger partial charge on any atom is 0.336 e. The summed E-state index contributed by atoms with van der Waals surface area (Å²) in [7, 11) is 0. The molecule has 9 heteroatoms. The summed E-state index contributed by atoms with van der Waals surface area (Å²) in [5, 5.41) is 15.1. The lowest BCUT2D eigenvalue weighted by Gasteiger charge is -2.13. The summed E-state index contributed by atoms with van der Waals surface area (Å²) in [4.78, 5) is 41.1. The number of hydrogen-bond acceptors (Lipinski definition) is 6. The normalized spacial score (nSPS) is 10.9. The minimum atomic E-state index is -1.16. The second-order valence-electron chi connectivity index (χ2n) is 8.05. The zero-order valence-electron chi connectivity index (χ0n) is 19.1. The summed E-state index contributed by atoms with van der Waals surface area (Å²) in [5.74, 6) is -1.24. The molecular formula is C26H23N3O4S2. The predicted molar refractivity (Wildman–Crippen MR) is 141 cm³/mol. The molecule has 35 heavy (non-hydrogen) atoms. The van der Waals surface area contributed by atoms with Crippen LogP contribution in [0.1, 0.15) is 46.0 Å². The maximum absolute atomic E-state index is 12.6. The van der Waals surface area contributed by atoms with Crippen molar-refractivity contribution in [3.05, 3.63) is 83.4 Å². The van der Waals surface area contributed by atoms with E-state index in [1.165, 1.54) is 35.2 Å². The highest BCUT2D eigenvalue weighted by molar-refractivity contribution is 8.01. The van der Waals surface area contributed by atoms with Gasteiger partial charge in [0, 0.05) is 11.4 Å². The molecular weight excluding hydrogens is 482 g/mol. The number of carbonyl (C=O) groups excluding carboxylic acids is 2. The van der Waals surface area contributed by atoms with Crippen molar-refractivity contribution in [3.63, 3.8) is 0 Å². The van der Waals surface area contributed by atoms with Crippen LogP contribution in [0.4, 0.5) is 11.4 Å². The molecule has 0 bridgehead atoms. The van der Waals surface area contributed by atoms with Gasteiger partial charge in [0.25, 0.3) is 5.91 Å². The Labute approximate surface area is 210 Å². The fraction of sp³-hybridized carbons (Fsp3) is 0.154. The number of anilines is 2. The summed E-state index contributed by atoms with van der Waals surface area (Å²) >= 11 is 2.78. The van der Waals surface area contributed by atoms with E-state index in [4.69, 9.17) is 0 Å². The van der Waals surface area contributed by atoms with Gasteiger partial charge in [0.05, 0.1) is 27.1 Å². The molecule has 4 rings (SSSR count). The highest BCUT2D eigenvalue weighted by Gasteiger charge is 2.17. The highest BCUT2D eigenvalue weighted by Crippen LogP contribution is 2.32. The molecule has 0 aliphatic rings. The molecule has 0 atom stereocenters. The number of rotatable bonds is 8. The number of thiazole rings is 1. The highest BCUT2D eigenvalue weighted by atomic mass is 32.2. The van der Waals surface area contributed by atoms with E-state index in [0.29, 0.717) is 11.6 Å². The molecule has 0 saturated carbocycles. The van der Waals surface area contributed by atoms with Crippen molar-refractivity contribution in [1.82, 2.24) is 4.98 Å². The van der Waals surface area contributed by atoms with Gasteiger partial charge >= 0.3 is 5.97 Å². The number of hydrogen-bond donors (Lipinski definition) is 3. The quantitative estimate of drug-likeness (QED) is 0.250. The van der Waals surface area contributed by atoms with Gasteiger partial charge in [0.15, 0.2) is 4.34 Å². The molecule has 0 aliphatic heterocycles. The average molecular weight is 506 g/mol. The Kier molecular flexibility index (Phi) is 7.48. The number of aromatic carboxylic acids is 1. The van der Waals surface area contributed by atoms with Crippen molar-refractivity contribution in [2.24, 2.45) is 0 Å². The average Bonchev–Trinajstić information content (AvgIpc) is 3.25. The van der Waals surface area contributed by atoms with E-state index in [9.17, 15) is 19.5 Å². The van der Waals surface area contributed by atoms with Crippen molar-refractivity contribution in [2.75, 3.05) is 16.4 Å². The number of amides is 2. The third kappa shape index (κ3) is 5.87. The van der Waals surface area contributed by atoms with Crippen molar-refractivity contribution in [2.45, 2.75) is 24.1 Å².